The van der Waals surface area contributed by atoms with E-state index in [1.165, 1.54) is 10.9 Å². The second-order valence-electron chi connectivity index (χ2n) is 8.04. The van der Waals surface area contributed by atoms with Gasteiger partial charge in [0.15, 0.2) is 5.69 Å². The molecule has 0 spiro atoms. The Labute approximate surface area is 187 Å². The number of anilines is 1. The van der Waals surface area contributed by atoms with E-state index in [1.807, 2.05) is 78.3 Å². The molecule has 0 aliphatic heterocycles. The number of aromatic nitrogens is 2. The molecule has 4 nitrogen and oxygen atoms in total. The molecule has 1 amide bonds. The Kier molecular flexibility index (Phi) is 5.04. The van der Waals surface area contributed by atoms with Crippen LogP contribution in [0.5, 0.6) is 0 Å². The van der Waals surface area contributed by atoms with E-state index >= 15 is 0 Å². The second-order valence-corrected chi connectivity index (χ2v) is 8.04. The van der Waals surface area contributed by atoms with Gasteiger partial charge in [0.25, 0.3) is 5.91 Å². The molecule has 32 heavy (non-hydrogen) atoms. The SMILES string of the molecule is Cc1ccc(NC(=O)c2cc(-c3ccc4ccccc4c3)n(-c3ccc(C)cc3)n2)cc1. The van der Waals surface area contributed by atoms with Crippen LogP contribution in [-0.2, 0) is 0 Å². The Morgan fingerprint density at radius 3 is 2.12 bits per heavy atom. The summed E-state index contributed by atoms with van der Waals surface area (Å²) in [6, 6.07) is 32.3. The van der Waals surface area contributed by atoms with Crippen LogP contribution in [0.15, 0.2) is 97.1 Å². The summed E-state index contributed by atoms with van der Waals surface area (Å²) in [4.78, 5) is 13.0. The average molecular weight is 418 g/mol. The molecule has 1 aromatic heterocycles. The lowest BCUT2D eigenvalue weighted by Gasteiger charge is -2.09. The third-order valence-electron chi connectivity index (χ3n) is 5.58. The molecule has 0 aliphatic carbocycles. The van der Waals surface area contributed by atoms with Crippen LogP contribution in [0.3, 0.4) is 0 Å². The van der Waals surface area contributed by atoms with Crippen molar-refractivity contribution in [1.82, 2.24) is 9.78 Å². The molecule has 0 saturated heterocycles. The van der Waals surface area contributed by atoms with E-state index in [0.29, 0.717) is 5.69 Å². The summed E-state index contributed by atoms with van der Waals surface area (Å²) < 4.78 is 1.84. The molecule has 1 N–H and O–H groups in total. The van der Waals surface area contributed by atoms with Gasteiger partial charge in [-0.25, -0.2) is 4.68 Å². The molecule has 5 aromatic rings. The topological polar surface area (TPSA) is 46.9 Å². The number of nitrogens with zero attached hydrogens (tertiary/aromatic N) is 2. The van der Waals surface area contributed by atoms with Crippen LogP contribution in [-0.4, -0.2) is 15.7 Å². The van der Waals surface area contributed by atoms with Gasteiger partial charge in [-0.1, -0.05) is 71.8 Å². The minimum Gasteiger partial charge on any atom is -0.321 e. The third-order valence-corrected chi connectivity index (χ3v) is 5.58. The Bertz CT molecular complexity index is 1410. The van der Waals surface area contributed by atoms with E-state index in [2.05, 4.69) is 47.7 Å². The Morgan fingerprint density at radius 1 is 0.750 bits per heavy atom. The maximum absolute atomic E-state index is 13.0. The molecular weight excluding hydrogens is 394 g/mol. The standard InChI is InChI=1S/C28H23N3O/c1-19-7-13-24(14-8-19)29-28(32)26-18-27(31(30-26)25-15-9-20(2)10-16-25)23-12-11-21-5-3-4-6-22(21)17-23/h3-18H,1-2H3,(H,29,32). The number of amides is 1. The number of fused-ring (bicyclic) bond motifs is 1. The summed E-state index contributed by atoms with van der Waals surface area (Å²) >= 11 is 0. The van der Waals surface area contributed by atoms with Crippen molar-refractivity contribution in [3.05, 3.63) is 114 Å². The maximum atomic E-state index is 13.0. The summed E-state index contributed by atoms with van der Waals surface area (Å²) in [5.41, 5.74) is 6.22. The zero-order valence-electron chi connectivity index (χ0n) is 18.0. The highest BCUT2D eigenvalue weighted by Crippen LogP contribution is 2.28. The maximum Gasteiger partial charge on any atom is 0.276 e. The van der Waals surface area contributed by atoms with Crippen molar-refractivity contribution in [3.8, 4) is 16.9 Å². The number of hydrogen-bond acceptors (Lipinski definition) is 2. The number of benzene rings is 4. The fourth-order valence-corrected chi connectivity index (χ4v) is 3.76. The predicted octanol–water partition coefficient (Wildman–Crippen LogP) is 6.56. The van der Waals surface area contributed by atoms with Gasteiger partial charge < -0.3 is 5.32 Å². The van der Waals surface area contributed by atoms with Crippen molar-refractivity contribution in [3.63, 3.8) is 0 Å². The van der Waals surface area contributed by atoms with E-state index in [1.54, 1.807) is 0 Å². The second kappa shape index (κ2) is 8.16. The van der Waals surface area contributed by atoms with Crippen molar-refractivity contribution < 1.29 is 4.79 Å². The van der Waals surface area contributed by atoms with Crippen LogP contribution < -0.4 is 5.32 Å². The molecule has 0 bridgehead atoms. The van der Waals surface area contributed by atoms with E-state index in [0.717, 1.165) is 33.6 Å². The van der Waals surface area contributed by atoms with Crippen LogP contribution in [0.25, 0.3) is 27.7 Å². The Hall–Kier alpha value is -4.18. The van der Waals surface area contributed by atoms with Crippen molar-refractivity contribution in [2.75, 3.05) is 5.32 Å². The van der Waals surface area contributed by atoms with Crippen LogP contribution >= 0.6 is 0 Å². The largest absolute Gasteiger partial charge is 0.321 e. The van der Waals surface area contributed by atoms with Crippen LogP contribution in [0, 0.1) is 13.8 Å². The molecule has 0 saturated carbocycles. The quantitative estimate of drug-likeness (QED) is 0.360. The van der Waals surface area contributed by atoms with Gasteiger partial charge in [-0.15, -0.1) is 0 Å². The highest BCUT2D eigenvalue weighted by molar-refractivity contribution is 6.03. The number of hydrogen-bond donors (Lipinski definition) is 1. The molecule has 4 aromatic carbocycles. The first-order valence-corrected chi connectivity index (χ1v) is 10.6. The highest BCUT2D eigenvalue weighted by Gasteiger charge is 2.17. The highest BCUT2D eigenvalue weighted by atomic mass is 16.1. The molecular formula is C28H23N3O. The smallest absolute Gasteiger partial charge is 0.276 e. The molecule has 156 valence electrons. The lowest BCUT2D eigenvalue weighted by Crippen LogP contribution is -2.13. The number of carbonyl (C=O) groups excluding carboxylic acids is 1. The summed E-state index contributed by atoms with van der Waals surface area (Å²) in [6.45, 7) is 4.07. The minimum absolute atomic E-state index is 0.234. The summed E-state index contributed by atoms with van der Waals surface area (Å²) in [7, 11) is 0. The number of aryl methyl sites for hydroxylation is 2. The summed E-state index contributed by atoms with van der Waals surface area (Å²) in [6.07, 6.45) is 0. The van der Waals surface area contributed by atoms with Gasteiger partial charge in [0.2, 0.25) is 0 Å². The lowest BCUT2D eigenvalue weighted by molar-refractivity contribution is 0.102. The van der Waals surface area contributed by atoms with Crippen molar-refractivity contribution in [2.45, 2.75) is 13.8 Å². The predicted molar refractivity (Wildman–Crippen MR) is 130 cm³/mol. The molecule has 0 atom stereocenters. The summed E-state index contributed by atoms with van der Waals surface area (Å²) in [5, 5.41) is 9.96. The van der Waals surface area contributed by atoms with Gasteiger partial charge in [0, 0.05) is 11.3 Å². The first-order valence-electron chi connectivity index (χ1n) is 10.6. The fraction of sp³-hybridized carbons (Fsp3) is 0.0714. The Balaban J connectivity index is 1.59. The van der Waals surface area contributed by atoms with Gasteiger partial charge in [-0.3, -0.25) is 4.79 Å². The molecule has 5 rings (SSSR count). The van der Waals surface area contributed by atoms with Crippen molar-refractivity contribution in [1.29, 1.82) is 0 Å². The first-order chi connectivity index (χ1) is 15.6. The zero-order chi connectivity index (χ0) is 22.1. The van der Waals surface area contributed by atoms with Gasteiger partial charge in [0.1, 0.15) is 0 Å². The van der Waals surface area contributed by atoms with Crippen LogP contribution in [0.1, 0.15) is 21.6 Å². The molecule has 4 heteroatoms. The number of carbonyl (C=O) groups is 1. The zero-order valence-corrected chi connectivity index (χ0v) is 18.0. The van der Waals surface area contributed by atoms with E-state index < -0.39 is 0 Å². The first kappa shape index (κ1) is 19.8. The average Bonchev–Trinajstić information content (AvgIpc) is 3.26. The molecule has 1 heterocycles. The molecule has 0 radical (unpaired) electrons. The fourth-order valence-electron chi connectivity index (χ4n) is 3.76. The molecule has 0 unspecified atom stereocenters. The number of nitrogens with one attached hydrogen (secondary N) is 1. The van der Waals surface area contributed by atoms with E-state index in [-0.39, 0.29) is 5.91 Å². The third kappa shape index (κ3) is 3.91. The lowest BCUT2D eigenvalue weighted by atomic mass is 10.0. The molecule has 0 fully saturated rings. The molecule has 0 aliphatic rings. The van der Waals surface area contributed by atoms with Gasteiger partial charge in [-0.05, 0) is 61.0 Å². The van der Waals surface area contributed by atoms with Gasteiger partial charge in [0.05, 0.1) is 11.4 Å². The normalized spacial score (nSPS) is 10.9. The van der Waals surface area contributed by atoms with Crippen LogP contribution in [0.2, 0.25) is 0 Å². The van der Waals surface area contributed by atoms with Crippen molar-refractivity contribution in [2.24, 2.45) is 0 Å². The summed E-state index contributed by atoms with van der Waals surface area (Å²) in [5.74, 6) is -0.234. The monoisotopic (exact) mass is 417 g/mol. The van der Waals surface area contributed by atoms with E-state index in [9.17, 15) is 4.79 Å². The Morgan fingerprint density at radius 2 is 1.41 bits per heavy atom. The number of rotatable bonds is 4. The van der Waals surface area contributed by atoms with Crippen molar-refractivity contribution >= 4 is 22.4 Å². The van der Waals surface area contributed by atoms with E-state index in [4.69, 9.17) is 0 Å². The minimum atomic E-state index is -0.234. The van der Waals surface area contributed by atoms with Crippen LogP contribution in [0.4, 0.5) is 5.69 Å². The van der Waals surface area contributed by atoms with Gasteiger partial charge in [-0.2, -0.15) is 5.10 Å². The van der Waals surface area contributed by atoms with Gasteiger partial charge >= 0.3 is 0 Å².